The summed E-state index contributed by atoms with van der Waals surface area (Å²) in [5, 5.41) is 5.76. The summed E-state index contributed by atoms with van der Waals surface area (Å²) in [6.45, 7) is 4.61. The van der Waals surface area contributed by atoms with Crippen molar-refractivity contribution in [1.29, 1.82) is 0 Å². The summed E-state index contributed by atoms with van der Waals surface area (Å²) in [6.07, 6.45) is 0.813. The average Bonchev–Trinajstić information content (AvgIpc) is 2.95. The van der Waals surface area contributed by atoms with Gasteiger partial charge in [0.15, 0.2) is 0 Å². The Morgan fingerprint density at radius 3 is 2.68 bits per heavy atom. The lowest BCUT2D eigenvalue weighted by Gasteiger charge is -2.22. The molecule has 2 N–H and O–H groups in total. The molecular formula is C17H27N3O4S. The van der Waals surface area contributed by atoms with E-state index in [1.54, 1.807) is 0 Å². The Hall–Kier alpha value is -1.64. The Morgan fingerprint density at radius 1 is 1.32 bits per heavy atom. The molecule has 2 rings (SSSR count). The summed E-state index contributed by atoms with van der Waals surface area (Å²) >= 11 is 0. The first-order chi connectivity index (χ1) is 11.7. The number of carbonyl (C=O) groups is 1. The van der Waals surface area contributed by atoms with Crippen molar-refractivity contribution in [2.75, 3.05) is 38.4 Å². The third-order valence-electron chi connectivity index (χ3n) is 4.47. The quantitative estimate of drug-likeness (QED) is 0.797. The molecule has 8 heteroatoms. The molecular weight excluding hydrogens is 342 g/mol. The minimum absolute atomic E-state index is 0.0461. The molecule has 0 radical (unpaired) electrons. The number of amides is 2. The van der Waals surface area contributed by atoms with E-state index in [2.05, 4.69) is 10.6 Å². The van der Waals surface area contributed by atoms with Gasteiger partial charge in [0.25, 0.3) is 0 Å². The smallest absolute Gasteiger partial charge is 0.319 e. The van der Waals surface area contributed by atoms with E-state index >= 15 is 0 Å². The molecule has 2 atom stereocenters. The van der Waals surface area contributed by atoms with Gasteiger partial charge in [0.05, 0.1) is 25.0 Å². The maximum atomic E-state index is 12.4. The van der Waals surface area contributed by atoms with Crippen molar-refractivity contribution < 1.29 is 17.9 Å². The molecule has 0 unspecified atom stereocenters. The largest absolute Gasteiger partial charge is 0.379 e. The van der Waals surface area contributed by atoms with Crippen molar-refractivity contribution in [3.8, 4) is 0 Å². The molecule has 1 aliphatic rings. The van der Waals surface area contributed by atoms with Gasteiger partial charge < -0.3 is 15.4 Å². The summed E-state index contributed by atoms with van der Waals surface area (Å²) < 4.78 is 30.7. The first-order valence-electron chi connectivity index (χ1n) is 8.38. The van der Waals surface area contributed by atoms with Crippen LogP contribution >= 0.6 is 0 Å². The molecule has 0 aliphatic carbocycles. The number of anilines is 1. The summed E-state index contributed by atoms with van der Waals surface area (Å²) in [5.74, 6) is -0.309. The van der Waals surface area contributed by atoms with Crippen LogP contribution in [-0.4, -0.2) is 57.9 Å². The maximum absolute atomic E-state index is 12.4. The number of para-hydroxylation sites is 1. The number of hydrogen-bond acceptors (Lipinski definition) is 4. The number of aryl methyl sites for hydroxylation is 2. The van der Waals surface area contributed by atoms with Crippen molar-refractivity contribution in [2.45, 2.75) is 26.3 Å². The zero-order chi connectivity index (χ0) is 18.6. The van der Waals surface area contributed by atoms with E-state index in [0.717, 1.165) is 23.2 Å². The Kier molecular flexibility index (Phi) is 6.42. The second-order valence-electron chi connectivity index (χ2n) is 6.53. The van der Waals surface area contributed by atoms with Gasteiger partial charge >= 0.3 is 6.03 Å². The number of ether oxygens (including phenoxy) is 1. The predicted octanol–water partition coefficient (Wildman–Crippen LogP) is 1.59. The van der Waals surface area contributed by atoms with E-state index < -0.39 is 10.0 Å². The van der Waals surface area contributed by atoms with Crippen LogP contribution in [0.25, 0.3) is 0 Å². The molecule has 0 saturated carbocycles. The van der Waals surface area contributed by atoms with Gasteiger partial charge in [-0.25, -0.2) is 17.5 Å². The molecule has 1 aliphatic heterocycles. The second-order valence-corrected chi connectivity index (χ2v) is 8.75. The second kappa shape index (κ2) is 8.16. The molecule has 1 fully saturated rings. The average molecular weight is 369 g/mol. The van der Waals surface area contributed by atoms with Crippen LogP contribution in [0.5, 0.6) is 0 Å². The Bertz CT molecular complexity index is 719. The highest BCUT2D eigenvalue weighted by Crippen LogP contribution is 2.22. The Balaban J connectivity index is 2.03. The zero-order valence-electron chi connectivity index (χ0n) is 15.2. The van der Waals surface area contributed by atoms with Crippen molar-refractivity contribution in [3.05, 3.63) is 29.3 Å². The lowest BCUT2D eigenvalue weighted by molar-refractivity contribution is 0.184. The van der Waals surface area contributed by atoms with Crippen LogP contribution in [0.4, 0.5) is 10.5 Å². The number of carbonyl (C=O) groups excluding carboxylic acids is 1. The van der Waals surface area contributed by atoms with Crippen LogP contribution in [0.3, 0.4) is 0 Å². The van der Waals surface area contributed by atoms with Crippen molar-refractivity contribution in [3.63, 3.8) is 0 Å². The topological polar surface area (TPSA) is 87.7 Å². The summed E-state index contributed by atoms with van der Waals surface area (Å²) in [5.41, 5.74) is 2.85. The van der Waals surface area contributed by atoms with Gasteiger partial charge in [0.1, 0.15) is 0 Å². The Labute approximate surface area is 149 Å². The van der Waals surface area contributed by atoms with Crippen LogP contribution < -0.4 is 10.6 Å². The van der Waals surface area contributed by atoms with Gasteiger partial charge in [0, 0.05) is 25.7 Å². The minimum atomic E-state index is -3.34. The summed E-state index contributed by atoms with van der Waals surface area (Å²) in [7, 11) is -0.336. The molecule has 1 aromatic carbocycles. The third-order valence-corrected chi connectivity index (χ3v) is 6.44. The van der Waals surface area contributed by atoms with Crippen LogP contribution in [0.2, 0.25) is 0 Å². The number of hydrogen-bond donors (Lipinski definition) is 2. The highest BCUT2D eigenvalue weighted by molar-refractivity contribution is 7.89. The molecule has 0 aromatic heterocycles. The normalized spacial score (nSPS) is 20.7. The van der Waals surface area contributed by atoms with Crippen molar-refractivity contribution >= 4 is 21.7 Å². The van der Waals surface area contributed by atoms with Gasteiger partial charge in [-0.2, -0.15) is 0 Å². The Morgan fingerprint density at radius 2 is 2.04 bits per heavy atom. The first kappa shape index (κ1) is 19.7. The number of nitrogens with one attached hydrogen (secondary N) is 2. The molecule has 2 amide bonds. The SMILES string of the molecule is CCc1cccc(C)c1NC(=O)N[C@H]1COC[C@H]1CS(=O)(=O)N(C)C. The standard InChI is InChI=1S/C17H27N3O4S/c1-5-13-8-6-7-12(2)16(13)19-17(21)18-15-10-24-9-14(15)11-25(22,23)20(3)4/h6-8,14-15H,5,9-11H2,1-4H3,(H2,18,19,21)/t14-,15-/m0/s1. The third kappa shape index (κ3) is 4.93. The minimum Gasteiger partial charge on any atom is -0.379 e. The summed E-state index contributed by atoms with van der Waals surface area (Å²) in [6, 6.07) is 5.22. The van der Waals surface area contributed by atoms with Crippen molar-refractivity contribution in [2.24, 2.45) is 5.92 Å². The molecule has 1 heterocycles. The fraction of sp³-hybridized carbons (Fsp3) is 0.588. The molecule has 1 saturated heterocycles. The molecule has 25 heavy (non-hydrogen) atoms. The lowest BCUT2D eigenvalue weighted by atomic mass is 10.1. The van der Waals surface area contributed by atoms with Crippen LogP contribution in [0, 0.1) is 12.8 Å². The fourth-order valence-corrected chi connectivity index (χ4v) is 4.03. The van der Waals surface area contributed by atoms with Crippen LogP contribution in [0.15, 0.2) is 18.2 Å². The van der Waals surface area contributed by atoms with E-state index in [-0.39, 0.29) is 23.7 Å². The van der Waals surface area contributed by atoms with E-state index in [0.29, 0.717) is 13.2 Å². The van der Waals surface area contributed by atoms with Gasteiger partial charge in [-0.15, -0.1) is 0 Å². The zero-order valence-corrected chi connectivity index (χ0v) is 16.0. The van der Waals surface area contributed by atoms with Crippen LogP contribution in [0.1, 0.15) is 18.1 Å². The highest BCUT2D eigenvalue weighted by Gasteiger charge is 2.34. The fourth-order valence-electron chi connectivity index (χ4n) is 2.86. The molecule has 0 spiro atoms. The summed E-state index contributed by atoms with van der Waals surface area (Å²) in [4.78, 5) is 12.4. The monoisotopic (exact) mass is 369 g/mol. The number of nitrogens with zero attached hydrogens (tertiary/aromatic N) is 1. The van der Waals surface area contributed by atoms with E-state index in [1.807, 2.05) is 32.0 Å². The van der Waals surface area contributed by atoms with E-state index in [4.69, 9.17) is 4.74 Å². The van der Waals surface area contributed by atoms with Gasteiger partial charge in [0.2, 0.25) is 10.0 Å². The highest BCUT2D eigenvalue weighted by atomic mass is 32.2. The van der Waals surface area contributed by atoms with E-state index in [9.17, 15) is 13.2 Å². The van der Waals surface area contributed by atoms with Crippen LogP contribution in [-0.2, 0) is 21.2 Å². The lowest BCUT2D eigenvalue weighted by Crippen LogP contribution is -2.45. The van der Waals surface area contributed by atoms with E-state index in [1.165, 1.54) is 18.4 Å². The number of rotatable bonds is 6. The number of urea groups is 1. The number of sulfonamides is 1. The van der Waals surface area contributed by atoms with Gasteiger partial charge in [-0.05, 0) is 24.5 Å². The molecule has 0 bridgehead atoms. The first-order valence-corrected chi connectivity index (χ1v) is 9.99. The molecule has 1 aromatic rings. The van der Waals surface area contributed by atoms with Crippen molar-refractivity contribution in [1.82, 2.24) is 9.62 Å². The number of benzene rings is 1. The van der Waals surface area contributed by atoms with Gasteiger partial charge in [-0.3, -0.25) is 0 Å². The molecule has 140 valence electrons. The maximum Gasteiger partial charge on any atom is 0.319 e. The molecule has 7 nitrogen and oxygen atoms in total. The van der Waals surface area contributed by atoms with Gasteiger partial charge in [-0.1, -0.05) is 25.1 Å². The predicted molar refractivity (Wildman–Crippen MR) is 98.3 cm³/mol.